The first-order valence-corrected chi connectivity index (χ1v) is 7.44. The fraction of sp³-hybridized carbons (Fsp3) is 1.00. The van der Waals surface area contributed by atoms with Gasteiger partial charge in [0.15, 0.2) is 0 Å². The second kappa shape index (κ2) is 5.27. The van der Waals surface area contributed by atoms with Crippen molar-refractivity contribution in [2.45, 2.75) is 53.0 Å². The molecular weight excluding hydrogens is 208 g/mol. The van der Waals surface area contributed by atoms with E-state index < -0.39 is 0 Å². The Morgan fingerprint density at radius 2 is 1.65 bits per heavy atom. The number of hydrogen-bond donors (Lipinski definition) is 1. The predicted molar refractivity (Wildman–Crippen MR) is 74.2 cm³/mol. The molecule has 2 heteroatoms. The molecule has 0 bridgehead atoms. The van der Waals surface area contributed by atoms with Gasteiger partial charge in [-0.25, -0.2) is 0 Å². The highest BCUT2D eigenvalue weighted by molar-refractivity contribution is 4.93. The molecule has 2 fully saturated rings. The van der Waals surface area contributed by atoms with Crippen LogP contribution in [-0.4, -0.2) is 37.1 Å². The molecule has 0 amide bonds. The van der Waals surface area contributed by atoms with Crippen LogP contribution in [0.25, 0.3) is 0 Å². The van der Waals surface area contributed by atoms with Gasteiger partial charge in [-0.05, 0) is 43.2 Å². The molecule has 0 aromatic rings. The Kier molecular flexibility index (Phi) is 4.14. The van der Waals surface area contributed by atoms with Gasteiger partial charge in [0.2, 0.25) is 0 Å². The van der Waals surface area contributed by atoms with Crippen molar-refractivity contribution in [2.75, 3.05) is 26.2 Å². The van der Waals surface area contributed by atoms with Crippen molar-refractivity contribution in [2.24, 2.45) is 17.3 Å². The highest BCUT2D eigenvalue weighted by Crippen LogP contribution is 2.41. The summed E-state index contributed by atoms with van der Waals surface area (Å²) in [5.41, 5.74) is 0.534. The second-order valence-corrected chi connectivity index (χ2v) is 7.22. The minimum Gasteiger partial charge on any atom is -0.316 e. The monoisotopic (exact) mass is 238 g/mol. The molecule has 1 heterocycles. The zero-order valence-corrected chi connectivity index (χ0v) is 12.1. The average Bonchev–Trinajstić information content (AvgIpc) is 2.54. The van der Waals surface area contributed by atoms with Gasteiger partial charge in [0, 0.05) is 19.1 Å². The Balaban J connectivity index is 2.05. The Morgan fingerprint density at radius 3 is 2.12 bits per heavy atom. The fourth-order valence-electron chi connectivity index (χ4n) is 3.82. The Morgan fingerprint density at radius 1 is 1.06 bits per heavy atom. The van der Waals surface area contributed by atoms with E-state index >= 15 is 0 Å². The molecule has 0 aromatic heterocycles. The molecule has 0 spiro atoms. The van der Waals surface area contributed by atoms with Crippen LogP contribution in [0.15, 0.2) is 0 Å². The van der Waals surface area contributed by atoms with Gasteiger partial charge in [0.05, 0.1) is 0 Å². The molecule has 3 atom stereocenters. The second-order valence-electron chi connectivity index (χ2n) is 7.22. The topological polar surface area (TPSA) is 15.3 Å². The molecule has 100 valence electrons. The third kappa shape index (κ3) is 3.23. The average molecular weight is 238 g/mol. The Hall–Kier alpha value is -0.0800. The number of rotatable bonds is 1. The van der Waals surface area contributed by atoms with Gasteiger partial charge in [0.1, 0.15) is 0 Å². The summed E-state index contributed by atoms with van der Waals surface area (Å²) in [6, 6.07) is 0.825. The molecule has 2 rings (SSSR count). The zero-order chi connectivity index (χ0) is 12.5. The first kappa shape index (κ1) is 13.4. The molecule has 1 aliphatic heterocycles. The van der Waals surface area contributed by atoms with Crippen LogP contribution in [0.4, 0.5) is 0 Å². The SMILES string of the molecule is CC1CNCC(C)CN(C2CCCC2(C)C)C1. The quantitative estimate of drug-likeness (QED) is 0.755. The van der Waals surface area contributed by atoms with E-state index in [-0.39, 0.29) is 0 Å². The van der Waals surface area contributed by atoms with Gasteiger partial charge in [-0.15, -0.1) is 0 Å². The normalized spacial score (nSPS) is 39.9. The highest BCUT2D eigenvalue weighted by atomic mass is 15.2. The van der Waals surface area contributed by atoms with E-state index in [4.69, 9.17) is 0 Å². The molecule has 2 aliphatic rings. The molecule has 1 N–H and O–H groups in total. The molecule has 0 aromatic carbocycles. The standard InChI is InChI=1S/C15H30N2/c1-12-8-16-9-13(2)11-17(10-12)14-6-5-7-15(14,3)4/h12-14,16H,5-11H2,1-4H3. The van der Waals surface area contributed by atoms with E-state index in [1.807, 2.05) is 0 Å². The van der Waals surface area contributed by atoms with Crippen LogP contribution in [0, 0.1) is 17.3 Å². The van der Waals surface area contributed by atoms with Crippen molar-refractivity contribution in [1.29, 1.82) is 0 Å². The van der Waals surface area contributed by atoms with E-state index in [2.05, 4.69) is 37.9 Å². The summed E-state index contributed by atoms with van der Waals surface area (Å²) in [5, 5.41) is 3.59. The van der Waals surface area contributed by atoms with E-state index in [0.717, 1.165) is 17.9 Å². The van der Waals surface area contributed by atoms with Crippen LogP contribution < -0.4 is 5.32 Å². The van der Waals surface area contributed by atoms with E-state index in [0.29, 0.717) is 5.41 Å². The van der Waals surface area contributed by atoms with E-state index in [1.54, 1.807) is 0 Å². The van der Waals surface area contributed by atoms with Crippen LogP contribution in [0.1, 0.15) is 47.0 Å². The highest BCUT2D eigenvalue weighted by Gasteiger charge is 2.39. The molecule has 1 saturated heterocycles. The molecule has 3 unspecified atom stereocenters. The zero-order valence-electron chi connectivity index (χ0n) is 12.1. The van der Waals surface area contributed by atoms with Crippen LogP contribution in [0.2, 0.25) is 0 Å². The number of nitrogens with zero attached hydrogens (tertiary/aromatic N) is 1. The maximum Gasteiger partial charge on any atom is 0.0147 e. The summed E-state index contributed by atoms with van der Waals surface area (Å²) in [6.45, 7) is 14.7. The lowest BCUT2D eigenvalue weighted by molar-refractivity contribution is 0.0753. The lowest BCUT2D eigenvalue weighted by Crippen LogP contribution is -2.50. The van der Waals surface area contributed by atoms with Crippen molar-refractivity contribution in [3.05, 3.63) is 0 Å². The lowest BCUT2D eigenvalue weighted by Gasteiger charge is -2.41. The van der Waals surface area contributed by atoms with Crippen molar-refractivity contribution in [3.8, 4) is 0 Å². The van der Waals surface area contributed by atoms with Crippen molar-refractivity contribution in [1.82, 2.24) is 10.2 Å². The van der Waals surface area contributed by atoms with Crippen molar-refractivity contribution >= 4 is 0 Å². The molecule has 17 heavy (non-hydrogen) atoms. The minimum absolute atomic E-state index is 0.534. The van der Waals surface area contributed by atoms with Gasteiger partial charge < -0.3 is 5.32 Å². The summed E-state index contributed by atoms with van der Waals surface area (Å²) in [6.07, 6.45) is 4.25. The number of hydrogen-bond acceptors (Lipinski definition) is 2. The summed E-state index contributed by atoms with van der Waals surface area (Å²) in [4.78, 5) is 2.81. The number of nitrogens with one attached hydrogen (secondary N) is 1. The third-order valence-corrected chi connectivity index (χ3v) is 4.72. The maximum absolute atomic E-state index is 3.59. The molecule has 1 aliphatic carbocycles. The third-order valence-electron chi connectivity index (χ3n) is 4.72. The molecule has 2 nitrogen and oxygen atoms in total. The van der Waals surface area contributed by atoms with Crippen LogP contribution >= 0.6 is 0 Å². The van der Waals surface area contributed by atoms with Crippen molar-refractivity contribution in [3.63, 3.8) is 0 Å². The molecule has 0 radical (unpaired) electrons. The van der Waals surface area contributed by atoms with Gasteiger partial charge in [-0.2, -0.15) is 0 Å². The Labute approximate surface area is 107 Å². The summed E-state index contributed by atoms with van der Waals surface area (Å²) in [7, 11) is 0. The fourth-order valence-corrected chi connectivity index (χ4v) is 3.82. The largest absolute Gasteiger partial charge is 0.316 e. The van der Waals surface area contributed by atoms with Gasteiger partial charge in [0.25, 0.3) is 0 Å². The smallest absolute Gasteiger partial charge is 0.0147 e. The first-order valence-electron chi connectivity index (χ1n) is 7.44. The van der Waals surface area contributed by atoms with E-state index in [1.165, 1.54) is 45.4 Å². The van der Waals surface area contributed by atoms with Crippen LogP contribution in [-0.2, 0) is 0 Å². The minimum atomic E-state index is 0.534. The van der Waals surface area contributed by atoms with Crippen LogP contribution in [0.5, 0.6) is 0 Å². The predicted octanol–water partition coefficient (Wildman–Crippen LogP) is 2.74. The molecule has 1 saturated carbocycles. The van der Waals surface area contributed by atoms with Gasteiger partial charge >= 0.3 is 0 Å². The molecular formula is C15H30N2. The van der Waals surface area contributed by atoms with Crippen LogP contribution in [0.3, 0.4) is 0 Å². The maximum atomic E-state index is 3.59. The lowest BCUT2D eigenvalue weighted by atomic mass is 9.85. The Bertz CT molecular complexity index is 237. The summed E-state index contributed by atoms with van der Waals surface area (Å²) in [5.74, 6) is 1.58. The summed E-state index contributed by atoms with van der Waals surface area (Å²) < 4.78 is 0. The van der Waals surface area contributed by atoms with Gasteiger partial charge in [-0.3, -0.25) is 4.90 Å². The van der Waals surface area contributed by atoms with Gasteiger partial charge in [-0.1, -0.05) is 34.1 Å². The summed E-state index contributed by atoms with van der Waals surface area (Å²) >= 11 is 0. The first-order chi connectivity index (χ1) is 7.99. The van der Waals surface area contributed by atoms with Crippen molar-refractivity contribution < 1.29 is 0 Å². The van der Waals surface area contributed by atoms with E-state index in [9.17, 15) is 0 Å².